The van der Waals surface area contributed by atoms with Crippen LogP contribution in [0.5, 0.6) is 0 Å². The molecule has 1 aliphatic carbocycles. The second-order valence-electron chi connectivity index (χ2n) is 7.69. The van der Waals surface area contributed by atoms with Gasteiger partial charge in [0.25, 0.3) is 0 Å². The van der Waals surface area contributed by atoms with E-state index in [1.165, 1.54) is 17.4 Å². The molecule has 5 rings (SSSR count). The summed E-state index contributed by atoms with van der Waals surface area (Å²) in [5.41, 5.74) is 6.15. The number of allylic oxidation sites excluding steroid dienone is 2. The molecule has 1 atom stereocenters. The number of nitrogen functional groups attached to an aromatic ring is 1. The van der Waals surface area contributed by atoms with Gasteiger partial charge in [-0.15, -0.1) is 0 Å². The van der Waals surface area contributed by atoms with Crippen LogP contribution in [0.15, 0.2) is 43.1 Å². The molecule has 0 amide bonds. The van der Waals surface area contributed by atoms with E-state index < -0.39 is 18.0 Å². The molecule has 0 saturated heterocycles. The first-order valence-electron chi connectivity index (χ1n) is 9.78. The quantitative estimate of drug-likeness (QED) is 0.667. The van der Waals surface area contributed by atoms with Gasteiger partial charge >= 0.3 is 6.18 Å². The highest BCUT2D eigenvalue weighted by Gasteiger charge is 2.37. The third kappa shape index (κ3) is 3.54. The molecule has 162 valence electrons. The van der Waals surface area contributed by atoms with Gasteiger partial charge in [-0.3, -0.25) is 4.68 Å². The SMILES string of the molecule is COC1C=CC(c2cc(C(F)(F)F)c3c(N)ncnn23)=CN1c1cnn(CC2CC2)c1. The van der Waals surface area contributed by atoms with Crippen LogP contribution in [0.1, 0.15) is 24.1 Å². The van der Waals surface area contributed by atoms with Crippen LogP contribution in [0, 0.1) is 5.92 Å². The molecule has 1 aliphatic heterocycles. The van der Waals surface area contributed by atoms with E-state index in [4.69, 9.17) is 10.5 Å². The normalized spacial score (nSPS) is 19.3. The maximum Gasteiger partial charge on any atom is 0.418 e. The number of nitrogens with two attached hydrogens (primary N) is 1. The van der Waals surface area contributed by atoms with E-state index in [1.54, 1.807) is 31.7 Å². The van der Waals surface area contributed by atoms with Crippen LogP contribution in [0.25, 0.3) is 11.1 Å². The molecule has 4 heterocycles. The summed E-state index contributed by atoms with van der Waals surface area (Å²) in [4.78, 5) is 5.55. The van der Waals surface area contributed by atoms with E-state index in [-0.39, 0.29) is 17.0 Å². The summed E-state index contributed by atoms with van der Waals surface area (Å²) >= 11 is 0. The van der Waals surface area contributed by atoms with Crippen molar-refractivity contribution in [2.45, 2.75) is 31.8 Å². The first kappa shape index (κ1) is 19.6. The Morgan fingerprint density at radius 1 is 1.26 bits per heavy atom. The molecule has 3 aromatic heterocycles. The number of hydrogen-bond donors (Lipinski definition) is 1. The number of methoxy groups -OCH3 is 1. The second kappa shape index (κ2) is 7.12. The van der Waals surface area contributed by atoms with E-state index >= 15 is 0 Å². The standard InChI is InChI=1S/C20H20F3N7O/c1-31-17-5-4-13(9-29(17)14-7-26-28(10-14)8-12-2-3-12)16-6-15(20(21,22)23)18-19(24)25-11-27-30(16)18/h4-7,9-12,17H,2-3,8H2,1H3,(H2,24,25,27). The first-order valence-corrected chi connectivity index (χ1v) is 9.78. The lowest BCUT2D eigenvalue weighted by Gasteiger charge is -2.29. The highest BCUT2D eigenvalue weighted by molar-refractivity contribution is 5.82. The lowest BCUT2D eigenvalue weighted by Crippen LogP contribution is -2.32. The molecule has 0 radical (unpaired) electrons. The number of alkyl halides is 3. The van der Waals surface area contributed by atoms with Gasteiger partial charge in [0.1, 0.15) is 11.8 Å². The summed E-state index contributed by atoms with van der Waals surface area (Å²) in [5.74, 6) is 0.429. The summed E-state index contributed by atoms with van der Waals surface area (Å²) in [6, 6.07) is 1.04. The van der Waals surface area contributed by atoms with Crippen LogP contribution in [0.2, 0.25) is 0 Å². The smallest absolute Gasteiger partial charge is 0.382 e. The third-order valence-electron chi connectivity index (χ3n) is 5.48. The Kier molecular flexibility index (Phi) is 4.50. The van der Waals surface area contributed by atoms with Gasteiger partial charge in [0, 0.05) is 31.6 Å². The molecule has 31 heavy (non-hydrogen) atoms. The van der Waals surface area contributed by atoms with E-state index in [2.05, 4.69) is 15.2 Å². The topological polar surface area (TPSA) is 86.5 Å². The van der Waals surface area contributed by atoms with Gasteiger partial charge in [0.2, 0.25) is 0 Å². The minimum atomic E-state index is -4.60. The Hall–Kier alpha value is -3.34. The number of fused-ring (bicyclic) bond motifs is 1. The van der Waals surface area contributed by atoms with Crippen molar-refractivity contribution in [2.24, 2.45) is 5.92 Å². The van der Waals surface area contributed by atoms with Crippen molar-refractivity contribution in [1.29, 1.82) is 0 Å². The molecule has 1 unspecified atom stereocenters. The first-order chi connectivity index (χ1) is 14.8. The number of aromatic nitrogens is 5. The minimum absolute atomic E-state index is 0.234. The summed E-state index contributed by atoms with van der Waals surface area (Å²) in [6.07, 6.45) is 7.37. The highest BCUT2D eigenvalue weighted by Crippen LogP contribution is 2.38. The molecule has 1 saturated carbocycles. The van der Waals surface area contributed by atoms with Crippen LogP contribution in [-0.2, 0) is 17.5 Å². The Labute approximate surface area is 175 Å². The molecule has 0 bridgehead atoms. The van der Waals surface area contributed by atoms with Gasteiger partial charge in [-0.25, -0.2) is 9.50 Å². The van der Waals surface area contributed by atoms with Crippen molar-refractivity contribution in [3.05, 3.63) is 54.4 Å². The Balaban J connectivity index is 1.58. The maximum atomic E-state index is 13.6. The summed E-state index contributed by atoms with van der Waals surface area (Å²) in [6.45, 7) is 0.854. The molecular formula is C20H20F3N7O. The molecule has 8 nitrogen and oxygen atoms in total. The average Bonchev–Trinajstić information content (AvgIpc) is 3.26. The third-order valence-corrected chi connectivity index (χ3v) is 5.48. The van der Waals surface area contributed by atoms with Crippen LogP contribution in [0.3, 0.4) is 0 Å². The molecule has 2 N–H and O–H groups in total. The highest BCUT2D eigenvalue weighted by atomic mass is 19.4. The van der Waals surface area contributed by atoms with E-state index in [9.17, 15) is 13.2 Å². The molecule has 1 fully saturated rings. The van der Waals surface area contributed by atoms with Gasteiger partial charge in [0.15, 0.2) is 12.0 Å². The largest absolute Gasteiger partial charge is 0.418 e. The lowest BCUT2D eigenvalue weighted by atomic mass is 10.1. The summed E-state index contributed by atoms with van der Waals surface area (Å²) < 4.78 is 49.5. The van der Waals surface area contributed by atoms with E-state index in [0.717, 1.165) is 24.6 Å². The van der Waals surface area contributed by atoms with Crippen molar-refractivity contribution >= 4 is 22.6 Å². The Morgan fingerprint density at radius 2 is 2.06 bits per heavy atom. The molecule has 0 aromatic carbocycles. The van der Waals surface area contributed by atoms with Gasteiger partial charge in [-0.2, -0.15) is 23.4 Å². The summed E-state index contributed by atoms with van der Waals surface area (Å²) in [7, 11) is 1.57. The van der Waals surface area contributed by atoms with E-state index in [1.807, 2.05) is 15.8 Å². The van der Waals surface area contributed by atoms with Crippen LogP contribution in [-0.4, -0.2) is 37.7 Å². The van der Waals surface area contributed by atoms with E-state index in [0.29, 0.717) is 11.5 Å². The molecule has 11 heteroatoms. The minimum Gasteiger partial charge on any atom is -0.382 e. The Morgan fingerprint density at radius 3 is 2.77 bits per heavy atom. The fourth-order valence-electron chi connectivity index (χ4n) is 3.75. The zero-order valence-electron chi connectivity index (χ0n) is 16.6. The van der Waals surface area contributed by atoms with Crippen molar-refractivity contribution in [2.75, 3.05) is 17.7 Å². The fourth-order valence-corrected chi connectivity index (χ4v) is 3.75. The van der Waals surface area contributed by atoms with Crippen LogP contribution in [0.4, 0.5) is 24.7 Å². The van der Waals surface area contributed by atoms with Crippen molar-refractivity contribution < 1.29 is 17.9 Å². The van der Waals surface area contributed by atoms with Crippen molar-refractivity contribution in [3.63, 3.8) is 0 Å². The number of halogens is 3. The number of rotatable bonds is 5. The van der Waals surface area contributed by atoms with Gasteiger partial charge in [-0.05, 0) is 30.9 Å². The number of nitrogens with zero attached hydrogens (tertiary/aromatic N) is 6. The maximum absolute atomic E-state index is 13.6. The monoisotopic (exact) mass is 431 g/mol. The lowest BCUT2D eigenvalue weighted by molar-refractivity contribution is -0.136. The molecule has 3 aromatic rings. The zero-order valence-corrected chi connectivity index (χ0v) is 16.6. The van der Waals surface area contributed by atoms with Crippen LogP contribution < -0.4 is 10.6 Å². The number of ether oxygens (including phenoxy) is 1. The second-order valence-corrected chi connectivity index (χ2v) is 7.69. The van der Waals surface area contributed by atoms with Gasteiger partial charge < -0.3 is 15.4 Å². The average molecular weight is 431 g/mol. The van der Waals surface area contributed by atoms with Crippen LogP contribution >= 0.6 is 0 Å². The van der Waals surface area contributed by atoms with Crippen molar-refractivity contribution in [1.82, 2.24) is 24.4 Å². The number of anilines is 2. The predicted molar refractivity (Wildman–Crippen MR) is 108 cm³/mol. The van der Waals surface area contributed by atoms with Crippen molar-refractivity contribution in [3.8, 4) is 0 Å². The molecule has 0 spiro atoms. The van der Waals surface area contributed by atoms with Gasteiger partial charge in [0.05, 0.1) is 23.1 Å². The molecule has 2 aliphatic rings. The zero-order chi connectivity index (χ0) is 21.8. The fraction of sp³-hybridized carbons (Fsp3) is 0.350. The number of hydrogen-bond acceptors (Lipinski definition) is 6. The predicted octanol–water partition coefficient (Wildman–Crippen LogP) is 3.33. The molecular weight excluding hydrogens is 411 g/mol. The Bertz CT molecular complexity index is 1190. The summed E-state index contributed by atoms with van der Waals surface area (Å²) in [5, 5.41) is 8.43. The van der Waals surface area contributed by atoms with Gasteiger partial charge in [-0.1, -0.05) is 6.08 Å².